The van der Waals surface area contributed by atoms with Gasteiger partial charge in [-0.15, -0.1) is 0 Å². The topological polar surface area (TPSA) is 51.4 Å². The van der Waals surface area contributed by atoms with Crippen molar-refractivity contribution >= 4 is 19.7 Å². The molecule has 1 atom stereocenters. The molecule has 118 valence electrons. The summed E-state index contributed by atoms with van der Waals surface area (Å²) in [6, 6.07) is 2.00. The maximum Gasteiger partial charge on any atom is 0.192 e. The van der Waals surface area contributed by atoms with Crippen LogP contribution in [0.15, 0.2) is 18.5 Å². The number of hydrogen-bond donors (Lipinski definition) is 1. The zero-order valence-corrected chi connectivity index (χ0v) is 15.0. The zero-order chi connectivity index (χ0) is 15.7. The molecule has 21 heavy (non-hydrogen) atoms. The molecule has 1 aliphatic heterocycles. The summed E-state index contributed by atoms with van der Waals surface area (Å²) >= 11 is 0. The van der Waals surface area contributed by atoms with Crippen LogP contribution in [0.3, 0.4) is 0 Å². The Morgan fingerprint density at radius 2 is 2.10 bits per heavy atom. The van der Waals surface area contributed by atoms with Gasteiger partial charge in [-0.25, -0.2) is 0 Å². The van der Waals surface area contributed by atoms with Crippen LogP contribution in [0.2, 0.25) is 18.1 Å². The first-order valence-corrected chi connectivity index (χ1v) is 10.7. The highest BCUT2D eigenvalue weighted by Crippen LogP contribution is 2.38. The third-order valence-corrected chi connectivity index (χ3v) is 9.35. The number of hydrogen-bond acceptors (Lipinski definition) is 4. The summed E-state index contributed by atoms with van der Waals surface area (Å²) in [6.07, 6.45) is 6.15. The van der Waals surface area contributed by atoms with E-state index in [0.29, 0.717) is 6.10 Å². The number of anilines is 2. The molecule has 5 heteroatoms. The average Bonchev–Trinajstić information content (AvgIpc) is 2.37. The molecule has 4 nitrogen and oxygen atoms in total. The molecule has 1 fully saturated rings. The molecular weight excluding hydrogens is 278 g/mol. The molecule has 0 aromatic carbocycles. The Bertz CT molecular complexity index is 485. The molecule has 1 aliphatic rings. The van der Waals surface area contributed by atoms with Crippen LogP contribution in [0.1, 0.15) is 33.6 Å². The van der Waals surface area contributed by atoms with Gasteiger partial charge in [0.15, 0.2) is 8.32 Å². The summed E-state index contributed by atoms with van der Waals surface area (Å²) < 4.78 is 6.58. The second-order valence-corrected chi connectivity index (χ2v) is 12.3. The second kappa shape index (κ2) is 5.97. The first-order valence-electron chi connectivity index (χ1n) is 7.83. The van der Waals surface area contributed by atoms with Gasteiger partial charge >= 0.3 is 0 Å². The Labute approximate surface area is 129 Å². The van der Waals surface area contributed by atoms with E-state index >= 15 is 0 Å². The van der Waals surface area contributed by atoms with E-state index in [1.807, 2.05) is 12.3 Å². The summed E-state index contributed by atoms with van der Waals surface area (Å²) in [7, 11) is -1.71. The maximum atomic E-state index is 6.58. The minimum atomic E-state index is -1.71. The third kappa shape index (κ3) is 3.77. The monoisotopic (exact) mass is 307 g/mol. The highest BCUT2D eigenvalue weighted by Gasteiger charge is 2.40. The van der Waals surface area contributed by atoms with Gasteiger partial charge in [-0.1, -0.05) is 20.8 Å². The number of piperidine rings is 1. The van der Waals surface area contributed by atoms with Crippen molar-refractivity contribution in [2.45, 2.75) is 57.8 Å². The Morgan fingerprint density at radius 1 is 1.38 bits per heavy atom. The quantitative estimate of drug-likeness (QED) is 0.866. The SMILES string of the molecule is CC(C)(C)[Si](C)(C)O[C@@H]1CCCN(c2ccncc2N)C1. The number of rotatable bonds is 3. The van der Waals surface area contributed by atoms with Crippen LogP contribution in [0, 0.1) is 0 Å². The van der Waals surface area contributed by atoms with Gasteiger partial charge in [-0.3, -0.25) is 4.98 Å². The number of nitrogens with two attached hydrogens (primary N) is 1. The number of nitrogens with zero attached hydrogens (tertiary/aromatic N) is 2. The third-order valence-electron chi connectivity index (χ3n) is 4.81. The zero-order valence-electron chi connectivity index (χ0n) is 14.0. The Morgan fingerprint density at radius 3 is 2.71 bits per heavy atom. The van der Waals surface area contributed by atoms with E-state index in [9.17, 15) is 0 Å². The van der Waals surface area contributed by atoms with Gasteiger partial charge < -0.3 is 15.1 Å². The highest BCUT2D eigenvalue weighted by atomic mass is 28.4. The van der Waals surface area contributed by atoms with Crippen molar-refractivity contribution in [1.29, 1.82) is 0 Å². The van der Waals surface area contributed by atoms with Crippen molar-refractivity contribution in [2.24, 2.45) is 0 Å². The van der Waals surface area contributed by atoms with E-state index in [1.54, 1.807) is 6.20 Å². The van der Waals surface area contributed by atoms with E-state index in [0.717, 1.165) is 37.3 Å². The van der Waals surface area contributed by atoms with Crippen LogP contribution < -0.4 is 10.6 Å². The Balaban J connectivity index is 2.07. The summed E-state index contributed by atoms with van der Waals surface area (Å²) in [5.74, 6) is 0. The Kier molecular flexibility index (Phi) is 4.63. The lowest BCUT2D eigenvalue weighted by molar-refractivity contribution is 0.160. The number of aromatic nitrogens is 1. The molecule has 0 bridgehead atoms. The van der Waals surface area contributed by atoms with Gasteiger partial charge in [0.05, 0.1) is 23.7 Å². The molecule has 0 radical (unpaired) electrons. The van der Waals surface area contributed by atoms with Crippen molar-refractivity contribution in [3.8, 4) is 0 Å². The van der Waals surface area contributed by atoms with E-state index in [-0.39, 0.29) is 5.04 Å². The molecule has 0 saturated carbocycles. The van der Waals surface area contributed by atoms with Crippen molar-refractivity contribution in [1.82, 2.24) is 4.98 Å². The average molecular weight is 308 g/mol. The minimum Gasteiger partial charge on any atom is -0.412 e. The molecule has 1 aromatic heterocycles. The van der Waals surface area contributed by atoms with Crippen LogP contribution in [0.25, 0.3) is 0 Å². The van der Waals surface area contributed by atoms with Crippen LogP contribution in [-0.2, 0) is 4.43 Å². The molecule has 0 amide bonds. The minimum absolute atomic E-state index is 0.255. The molecule has 0 unspecified atom stereocenters. The van der Waals surface area contributed by atoms with E-state index in [2.05, 4.69) is 43.7 Å². The Hall–Kier alpha value is -1.07. The maximum absolute atomic E-state index is 6.58. The predicted octanol–water partition coefficient (Wildman–Crippen LogP) is 3.65. The molecule has 0 aliphatic carbocycles. The fraction of sp³-hybridized carbons (Fsp3) is 0.688. The largest absolute Gasteiger partial charge is 0.412 e. The first kappa shape index (κ1) is 16.3. The van der Waals surface area contributed by atoms with Crippen LogP contribution in [0.4, 0.5) is 11.4 Å². The summed E-state index contributed by atoms with van der Waals surface area (Å²) in [5.41, 5.74) is 7.90. The van der Waals surface area contributed by atoms with Crippen LogP contribution in [-0.4, -0.2) is 32.5 Å². The second-order valence-electron chi connectivity index (χ2n) is 7.52. The van der Waals surface area contributed by atoms with Crippen molar-refractivity contribution in [3.63, 3.8) is 0 Å². The van der Waals surface area contributed by atoms with Gasteiger partial charge in [0.25, 0.3) is 0 Å². The molecule has 1 aromatic rings. The fourth-order valence-electron chi connectivity index (χ4n) is 2.53. The van der Waals surface area contributed by atoms with E-state index in [1.165, 1.54) is 0 Å². The standard InChI is InChI=1S/C16H29N3OSi/c1-16(2,3)21(4,5)20-13-7-6-10-19(12-13)15-8-9-18-11-14(15)17/h8-9,11,13H,6-7,10,12,17H2,1-5H3/t13-/m1/s1. The lowest BCUT2D eigenvalue weighted by Crippen LogP contribution is -2.49. The number of nitrogen functional groups attached to an aromatic ring is 1. The van der Waals surface area contributed by atoms with Gasteiger partial charge in [0.1, 0.15) is 0 Å². The summed E-state index contributed by atoms with van der Waals surface area (Å²) in [5, 5.41) is 0.255. The van der Waals surface area contributed by atoms with Gasteiger partial charge in [0, 0.05) is 19.3 Å². The van der Waals surface area contributed by atoms with Crippen molar-refractivity contribution in [3.05, 3.63) is 18.5 Å². The molecule has 1 saturated heterocycles. The lowest BCUT2D eigenvalue weighted by Gasteiger charge is -2.43. The lowest BCUT2D eigenvalue weighted by atomic mass is 10.1. The van der Waals surface area contributed by atoms with Crippen molar-refractivity contribution < 1.29 is 4.43 Å². The summed E-state index contributed by atoms with van der Waals surface area (Å²) in [6.45, 7) is 13.5. The first-order chi connectivity index (χ1) is 9.71. The van der Waals surface area contributed by atoms with Gasteiger partial charge in [-0.2, -0.15) is 0 Å². The predicted molar refractivity (Wildman–Crippen MR) is 92.2 cm³/mol. The molecule has 2 heterocycles. The van der Waals surface area contributed by atoms with Crippen LogP contribution in [0.5, 0.6) is 0 Å². The molecule has 2 N–H and O–H groups in total. The molecular formula is C16H29N3OSi. The van der Waals surface area contributed by atoms with Gasteiger partial charge in [-0.05, 0) is 37.0 Å². The normalized spacial score (nSPS) is 20.6. The molecule has 0 spiro atoms. The smallest absolute Gasteiger partial charge is 0.192 e. The highest BCUT2D eigenvalue weighted by molar-refractivity contribution is 6.74. The molecule has 2 rings (SSSR count). The summed E-state index contributed by atoms with van der Waals surface area (Å²) in [4.78, 5) is 6.42. The van der Waals surface area contributed by atoms with E-state index < -0.39 is 8.32 Å². The van der Waals surface area contributed by atoms with E-state index in [4.69, 9.17) is 10.2 Å². The van der Waals surface area contributed by atoms with Crippen molar-refractivity contribution in [2.75, 3.05) is 23.7 Å². The fourth-order valence-corrected chi connectivity index (χ4v) is 3.91. The van der Waals surface area contributed by atoms with Crippen LogP contribution >= 0.6 is 0 Å². The number of pyridine rings is 1. The van der Waals surface area contributed by atoms with Gasteiger partial charge in [0.2, 0.25) is 0 Å².